The van der Waals surface area contributed by atoms with Crippen molar-refractivity contribution in [3.8, 4) is 5.75 Å². The molecular formula is C21H23Br4N3O5. The van der Waals surface area contributed by atoms with Crippen LogP contribution in [0.25, 0.3) is 0 Å². The molecule has 0 aromatic heterocycles. The van der Waals surface area contributed by atoms with Gasteiger partial charge in [-0.2, -0.15) is 0 Å². The topological polar surface area (TPSA) is 115 Å². The van der Waals surface area contributed by atoms with Crippen molar-refractivity contribution in [1.82, 2.24) is 5.32 Å². The molecule has 2 unspecified atom stereocenters. The molecule has 0 radical (unpaired) electrons. The molecule has 0 bridgehead atoms. The lowest BCUT2D eigenvalue weighted by Gasteiger charge is -2.34. The van der Waals surface area contributed by atoms with Gasteiger partial charge in [-0.1, -0.05) is 0 Å². The number of aliphatic hydroxyl groups is 1. The summed E-state index contributed by atoms with van der Waals surface area (Å²) >= 11 is 13.8. The third-order valence-corrected chi connectivity index (χ3v) is 7.57. The van der Waals surface area contributed by atoms with Gasteiger partial charge in [0.15, 0.2) is 5.60 Å². The highest BCUT2D eigenvalue weighted by Gasteiger charge is 2.49. The van der Waals surface area contributed by atoms with E-state index in [1.165, 1.54) is 7.11 Å². The zero-order valence-electron chi connectivity index (χ0n) is 17.7. The number of rotatable bonds is 9. The minimum Gasteiger partial charge on any atom is -0.495 e. The molecular weight excluding hydrogens is 694 g/mol. The normalized spacial score (nSPS) is 22.1. The number of amides is 1. The molecule has 0 saturated carbocycles. The minimum atomic E-state index is -1.18. The highest BCUT2D eigenvalue weighted by Crippen LogP contribution is 2.42. The molecule has 1 aliphatic heterocycles. The first-order chi connectivity index (χ1) is 15.7. The smallest absolute Gasteiger partial charge is 0.306 e. The Balaban J connectivity index is 1.48. The molecule has 2 aliphatic rings. The molecule has 12 heteroatoms. The van der Waals surface area contributed by atoms with E-state index in [4.69, 9.17) is 19.9 Å². The van der Waals surface area contributed by atoms with Gasteiger partial charge < -0.3 is 30.4 Å². The van der Waals surface area contributed by atoms with Crippen LogP contribution in [0.1, 0.15) is 12.0 Å². The summed E-state index contributed by atoms with van der Waals surface area (Å²) in [4.78, 5) is 16.7. The Kier molecular flexibility index (Phi) is 9.44. The summed E-state index contributed by atoms with van der Waals surface area (Å²) in [6, 6.07) is 3.96. The van der Waals surface area contributed by atoms with Gasteiger partial charge >= 0.3 is 5.91 Å². The number of aliphatic hydroxyl groups excluding tert-OH is 1. The zero-order valence-corrected chi connectivity index (χ0v) is 24.0. The molecule has 4 N–H and O–H groups in total. The van der Waals surface area contributed by atoms with Crippen molar-refractivity contribution in [1.29, 1.82) is 0 Å². The fourth-order valence-electron chi connectivity index (χ4n) is 3.37. The van der Waals surface area contributed by atoms with Crippen molar-refractivity contribution < 1.29 is 24.1 Å². The van der Waals surface area contributed by atoms with Gasteiger partial charge in [-0.15, -0.1) is 0 Å². The molecule has 8 nitrogen and oxygen atoms in total. The molecule has 1 aromatic carbocycles. The van der Waals surface area contributed by atoms with Gasteiger partial charge in [0.05, 0.1) is 38.2 Å². The number of carbonyl (C=O) groups is 1. The minimum absolute atomic E-state index is 0.0753. The number of carbonyl (C=O) groups excluding carboxylic acids is 1. The highest BCUT2D eigenvalue weighted by molar-refractivity contribution is 9.12. The van der Waals surface area contributed by atoms with E-state index in [1.54, 1.807) is 6.08 Å². The van der Waals surface area contributed by atoms with E-state index in [2.05, 4.69) is 74.0 Å². The molecule has 1 spiro atoms. The number of nitrogens with one attached hydrogen (secondary N) is 1. The summed E-state index contributed by atoms with van der Waals surface area (Å²) in [6.45, 7) is 1.44. The Labute approximate surface area is 225 Å². The summed E-state index contributed by atoms with van der Waals surface area (Å²) in [7, 11) is 1.50. The number of allylic oxidation sites excluding steroid dienone is 1. The zero-order chi connectivity index (χ0) is 24.2. The van der Waals surface area contributed by atoms with Crippen LogP contribution in [0.3, 0.4) is 0 Å². The third-order valence-electron chi connectivity index (χ3n) is 5.01. The van der Waals surface area contributed by atoms with Crippen LogP contribution in [-0.2, 0) is 20.7 Å². The molecule has 180 valence electrons. The number of hydrogen-bond acceptors (Lipinski definition) is 7. The number of halogens is 4. The Morgan fingerprint density at radius 1 is 1.33 bits per heavy atom. The molecule has 1 aliphatic carbocycles. The number of methoxy groups -OCH3 is 1. The lowest BCUT2D eigenvalue weighted by atomic mass is 9.91. The highest BCUT2D eigenvalue weighted by atomic mass is 79.9. The molecule has 1 amide bonds. The Morgan fingerprint density at radius 2 is 2.03 bits per heavy atom. The van der Waals surface area contributed by atoms with Gasteiger partial charge in [0, 0.05) is 6.54 Å². The molecule has 2 atom stereocenters. The van der Waals surface area contributed by atoms with Crippen LogP contribution in [0.2, 0.25) is 0 Å². The summed E-state index contributed by atoms with van der Waals surface area (Å²) in [6.07, 6.45) is 1.95. The van der Waals surface area contributed by atoms with Crippen LogP contribution in [0.4, 0.5) is 0 Å². The molecule has 0 saturated heterocycles. The van der Waals surface area contributed by atoms with Crippen LogP contribution in [0, 0.1) is 0 Å². The molecule has 33 heavy (non-hydrogen) atoms. The van der Waals surface area contributed by atoms with E-state index in [-0.39, 0.29) is 12.4 Å². The fraction of sp³-hybridized carbons (Fsp3) is 0.429. The Bertz CT molecular complexity index is 991. The number of nitrogens with two attached hydrogens (primary N) is 1. The van der Waals surface area contributed by atoms with Crippen LogP contribution in [0.5, 0.6) is 5.75 Å². The van der Waals surface area contributed by atoms with Gasteiger partial charge in [0.25, 0.3) is 5.90 Å². The number of aliphatic imine (C=N–C) groups is 1. The lowest BCUT2D eigenvalue weighted by molar-refractivity contribution is -0.117. The number of benzene rings is 1. The fourth-order valence-corrected chi connectivity index (χ4v) is 6.67. The van der Waals surface area contributed by atoms with E-state index in [1.807, 2.05) is 12.1 Å². The largest absolute Gasteiger partial charge is 0.495 e. The predicted octanol–water partition coefficient (Wildman–Crippen LogP) is 3.67. The van der Waals surface area contributed by atoms with E-state index in [0.717, 1.165) is 20.9 Å². The van der Waals surface area contributed by atoms with Gasteiger partial charge in [-0.3, -0.25) is 4.79 Å². The molecule has 3 rings (SSSR count). The Hall–Kier alpha value is -0.920. The van der Waals surface area contributed by atoms with E-state index >= 15 is 0 Å². The first-order valence-corrected chi connectivity index (χ1v) is 13.2. The first kappa shape index (κ1) is 26.7. The maximum absolute atomic E-state index is 12.5. The standard InChI is InChI=1S/C21H23Br4N3O5/c1-31-17-14(24)9-21(18(29)15(17)25)10-28-20(33-21)19(30)27-5-2-6-32-16-12(22)7-11(3-4-26)8-13(16)23/h7-9,18,29H,2-6,10,26H2,1H3,(H,27,30). The molecule has 1 aromatic rings. The molecule has 1 heterocycles. The average Bonchev–Trinajstić information content (AvgIpc) is 3.19. The number of ether oxygens (including phenoxy) is 3. The Morgan fingerprint density at radius 3 is 2.67 bits per heavy atom. The second kappa shape index (κ2) is 11.7. The maximum Gasteiger partial charge on any atom is 0.306 e. The second-order valence-corrected chi connectivity index (χ2v) is 10.8. The van der Waals surface area contributed by atoms with Gasteiger partial charge in [-0.05, 0) is 107 Å². The van der Waals surface area contributed by atoms with E-state index in [0.29, 0.717) is 46.6 Å². The third kappa shape index (κ3) is 6.02. The van der Waals surface area contributed by atoms with Crippen molar-refractivity contribution in [2.75, 3.05) is 33.4 Å². The van der Waals surface area contributed by atoms with Crippen molar-refractivity contribution in [3.05, 3.63) is 47.4 Å². The van der Waals surface area contributed by atoms with E-state index in [9.17, 15) is 9.90 Å². The summed E-state index contributed by atoms with van der Waals surface area (Å²) in [5.74, 6) is 0.635. The lowest BCUT2D eigenvalue weighted by Crippen LogP contribution is -2.48. The van der Waals surface area contributed by atoms with Crippen LogP contribution < -0.4 is 15.8 Å². The predicted molar refractivity (Wildman–Crippen MR) is 140 cm³/mol. The van der Waals surface area contributed by atoms with E-state index < -0.39 is 17.6 Å². The summed E-state index contributed by atoms with van der Waals surface area (Å²) < 4.78 is 19.6. The summed E-state index contributed by atoms with van der Waals surface area (Å²) in [5.41, 5.74) is 5.54. The quantitative estimate of drug-likeness (QED) is 0.337. The molecule has 0 fully saturated rings. The van der Waals surface area contributed by atoms with Gasteiger partial charge in [-0.25, -0.2) is 4.99 Å². The number of nitrogens with zero attached hydrogens (tertiary/aromatic N) is 1. The van der Waals surface area contributed by atoms with Crippen LogP contribution in [-0.4, -0.2) is 62.0 Å². The summed E-state index contributed by atoms with van der Waals surface area (Å²) in [5, 5.41) is 13.5. The average molecular weight is 717 g/mol. The maximum atomic E-state index is 12.5. The second-order valence-electron chi connectivity index (χ2n) is 7.34. The SMILES string of the molecule is COC1=C(Br)C(O)C2(C=C1Br)CN=C(C(=O)NCCCOc1c(Br)cc(CCN)cc1Br)O2. The van der Waals surface area contributed by atoms with Crippen LogP contribution in [0.15, 0.2) is 46.9 Å². The van der Waals surface area contributed by atoms with Gasteiger partial charge in [0.1, 0.15) is 17.6 Å². The van der Waals surface area contributed by atoms with Gasteiger partial charge in [0.2, 0.25) is 0 Å². The van der Waals surface area contributed by atoms with Crippen LogP contribution >= 0.6 is 63.7 Å². The number of hydrogen-bond donors (Lipinski definition) is 3. The van der Waals surface area contributed by atoms with Crippen molar-refractivity contribution in [2.45, 2.75) is 24.5 Å². The first-order valence-electron chi connectivity index (χ1n) is 10.0. The van der Waals surface area contributed by atoms with Crippen molar-refractivity contribution in [3.63, 3.8) is 0 Å². The monoisotopic (exact) mass is 713 g/mol. The van der Waals surface area contributed by atoms with Crippen molar-refractivity contribution >= 4 is 75.5 Å². The van der Waals surface area contributed by atoms with Crippen molar-refractivity contribution in [2.24, 2.45) is 10.7 Å².